The summed E-state index contributed by atoms with van der Waals surface area (Å²) in [5, 5.41) is 3.42. The van der Waals surface area contributed by atoms with Crippen molar-refractivity contribution >= 4 is 17.8 Å². The van der Waals surface area contributed by atoms with Gasteiger partial charge in [-0.05, 0) is 18.6 Å². The minimum Gasteiger partial charge on any atom is -0.496 e. The van der Waals surface area contributed by atoms with Crippen LogP contribution in [0.1, 0.15) is 46.3 Å². The monoisotopic (exact) mass is 408 g/mol. The van der Waals surface area contributed by atoms with Crippen molar-refractivity contribution in [3.8, 4) is 5.75 Å². The first-order valence-electron chi connectivity index (χ1n) is 10.5. The molecule has 1 aromatic carbocycles. The van der Waals surface area contributed by atoms with Crippen molar-refractivity contribution in [2.24, 2.45) is 0 Å². The maximum Gasteiger partial charge on any atom is 0.254 e. The van der Waals surface area contributed by atoms with Gasteiger partial charge in [0.25, 0.3) is 5.91 Å². The molecule has 4 rings (SSSR count). The van der Waals surface area contributed by atoms with Gasteiger partial charge in [0.2, 0.25) is 0 Å². The summed E-state index contributed by atoms with van der Waals surface area (Å²) in [4.78, 5) is 24.1. The second-order valence-corrected chi connectivity index (χ2v) is 7.49. The molecule has 7 heteroatoms. The van der Waals surface area contributed by atoms with Crippen LogP contribution in [0.15, 0.2) is 24.3 Å². The van der Waals surface area contributed by atoms with Crippen LogP contribution in [0.25, 0.3) is 6.08 Å². The van der Waals surface area contributed by atoms with E-state index in [-0.39, 0.29) is 5.91 Å². The van der Waals surface area contributed by atoms with Gasteiger partial charge in [-0.15, -0.1) is 0 Å². The molecule has 0 bridgehead atoms. The lowest BCUT2D eigenvalue weighted by atomic mass is 10.1. The molecule has 1 N–H and O–H groups in total. The van der Waals surface area contributed by atoms with Crippen LogP contribution in [0.5, 0.6) is 5.75 Å². The van der Waals surface area contributed by atoms with Crippen molar-refractivity contribution in [2.75, 3.05) is 45.3 Å². The average Bonchev–Trinajstić information content (AvgIpc) is 3.26. The molecule has 1 saturated heterocycles. The number of methoxy groups -OCH3 is 1. The molecule has 2 aliphatic rings. The highest BCUT2D eigenvalue weighted by Gasteiger charge is 2.21. The Morgan fingerprint density at radius 2 is 2.10 bits per heavy atom. The highest BCUT2D eigenvalue weighted by Crippen LogP contribution is 2.27. The number of hydrogen-bond donors (Lipinski definition) is 1. The number of amides is 1. The van der Waals surface area contributed by atoms with Crippen LogP contribution in [0, 0.1) is 0 Å². The third-order valence-electron chi connectivity index (χ3n) is 5.39. The first-order valence-corrected chi connectivity index (χ1v) is 10.5. The van der Waals surface area contributed by atoms with Crippen LogP contribution in [0.4, 0.5) is 5.82 Å². The highest BCUT2D eigenvalue weighted by atomic mass is 16.5. The van der Waals surface area contributed by atoms with Gasteiger partial charge in [-0.1, -0.05) is 25.1 Å². The Labute approximate surface area is 177 Å². The molecule has 0 unspecified atom stereocenters. The summed E-state index contributed by atoms with van der Waals surface area (Å²) in [7, 11) is 1.63. The molecule has 0 radical (unpaired) electrons. The van der Waals surface area contributed by atoms with Crippen molar-refractivity contribution in [1.82, 2.24) is 14.9 Å². The van der Waals surface area contributed by atoms with Gasteiger partial charge in [0.05, 0.1) is 26.0 Å². The predicted octanol–water partition coefficient (Wildman–Crippen LogP) is 2.94. The highest BCUT2D eigenvalue weighted by molar-refractivity contribution is 5.94. The van der Waals surface area contributed by atoms with E-state index in [2.05, 4.69) is 24.4 Å². The number of fused-ring (bicyclic) bond motifs is 1. The Morgan fingerprint density at radius 3 is 2.87 bits per heavy atom. The van der Waals surface area contributed by atoms with Gasteiger partial charge in [-0.2, -0.15) is 0 Å². The molecule has 0 saturated carbocycles. The van der Waals surface area contributed by atoms with Crippen LogP contribution < -0.4 is 10.1 Å². The van der Waals surface area contributed by atoms with Crippen LogP contribution in [0.3, 0.4) is 0 Å². The number of nitrogens with zero attached hydrogens (tertiary/aromatic N) is 3. The molecule has 1 amide bonds. The number of ether oxygens (including phenoxy) is 2. The van der Waals surface area contributed by atoms with Gasteiger partial charge in [-0.25, -0.2) is 9.97 Å². The molecule has 1 aliphatic carbocycles. The summed E-state index contributed by atoms with van der Waals surface area (Å²) in [6, 6.07) is 5.62. The molecule has 30 heavy (non-hydrogen) atoms. The molecular weight excluding hydrogens is 380 g/mol. The zero-order valence-electron chi connectivity index (χ0n) is 17.6. The zero-order valence-corrected chi connectivity index (χ0v) is 17.6. The van der Waals surface area contributed by atoms with Crippen LogP contribution in [0.2, 0.25) is 0 Å². The number of benzene rings is 1. The second-order valence-electron chi connectivity index (χ2n) is 7.49. The Kier molecular flexibility index (Phi) is 6.28. The number of allylic oxidation sites excluding steroid dienone is 1. The summed E-state index contributed by atoms with van der Waals surface area (Å²) < 4.78 is 10.9. The Balaban J connectivity index is 1.57. The number of carbonyl (C=O) groups excluding carboxylic acids is 1. The second kappa shape index (κ2) is 9.26. The summed E-state index contributed by atoms with van der Waals surface area (Å²) in [5.74, 6) is 2.33. The number of aromatic nitrogens is 2. The maximum atomic E-state index is 12.8. The van der Waals surface area contributed by atoms with Gasteiger partial charge in [0.15, 0.2) is 0 Å². The lowest BCUT2D eigenvalue weighted by Crippen LogP contribution is -2.40. The minimum absolute atomic E-state index is 0.00839. The van der Waals surface area contributed by atoms with Crippen molar-refractivity contribution in [1.29, 1.82) is 0 Å². The van der Waals surface area contributed by atoms with Crippen molar-refractivity contribution < 1.29 is 14.3 Å². The van der Waals surface area contributed by atoms with E-state index in [0.29, 0.717) is 44.0 Å². The summed E-state index contributed by atoms with van der Waals surface area (Å²) in [6.07, 6.45) is 6.61. The fraction of sp³-hybridized carbons (Fsp3) is 0.435. The normalized spacial score (nSPS) is 15.2. The number of nitrogens with one attached hydrogen (secondary N) is 1. The molecule has 158 valence electrons. The van der Waals surface area contributed by atoms with Gasteiger partial charge in [0, 0.05) is 49.2 Å². The van der Waals surface area contributed by atoms with Crippen molar-refractivity contribution in [2.45, 2.75) is 26.2 Å². The molecule has 1 aromatic heterocycles. The third-order valence-corrected chi connectivity index (χ3v) is 5.39. The Bertz CT molecular complexity index is 952. The van der Waals surface area contributed by atoms with E-state index in [1.54, 1.807) is 7.11 Å². The molecule has 0 atom stereocenters. The molecule has 1 fully saturated rings. The van der Waals surface area contributed by atoms with Gasteiger partial charge in [-0.3, -0.25) is 4.79 Å². The summed E-state index contributed by atoms with van der Waals surface area (Å²) in [6.45, 7) is 5.41. The van der Waals surface area contributed by atoms with E-state index >= 15 is 0 Å². The third kappa shape index (κ3) is 4.31. The molecule has 1 aliphatic heterocycles. The van der Waals surface area contributed by atoms with Crippen LogP contribution >= 0.6 is 0 Å². The number of carbonyl (C=O) groups is 1. The van der Waals surface area contributed by atoms with E-state index in [4.69, 9.17) is 19.4 Å². The topological polar surface area (TPSA) is 76.6 Å². The van der Waals surface area contributed by atoms with Crippen molar-refractivity contribution in [3.63, 3.8) is 0 Å². The maximum absolute atomic E-state index is 12.8. The Hall–Kier alpha value is -2.93. The number of morpholine rings is 1. The zero-order chi connectivity index (χ0) is 20.9. The lowest BCUT2D eigenvalue weighted by Gasteiger charge is -2.27. The standard InChI is InChI=1S/C23H28N4O3/c1-3-9-24-22-18-5-4-6-19(18)25-21(26-22)15-16-7-8-17(14-20(16)29-2)23(28)27-10-12-30-13-11-27/h4-5,7-8,14H,3,6,9-13,15H2,1-2H3,(H,24,25,26). The first kappa shape index (κ1) is 20.3. The number of hydrogen-bond acceptors (Lipinski definition) is 6. The number of rotatable bonds is 7. The fourth-order valence-corrected chi connectivity index (χ4v) is 3.79. The van der Waals surface area contributed by atoms with E-state index in [1.807, 2.05) is 23.1 Å². The van der Waals surface area contributed by atoms with E-state index in [0.717, 1.165) is 47.8 Å². The van der Waals surface area contributed by atoms with E-state index in [1.165, 1.54) is 0 Å². The molecule has 2 heterocycles. The van der Waals surface area contributed by atoms with Crippen LogP contribution in [-0.4, -0.2) is 60.7 Å². The van der Waals surface area contributed by atoms with Gasteiger partial charge < -0.3 is 19.7 Å². The fourth-order valence-electron chi connectivity index (χ4n) is 3.79. The molecular formula is C23H28N4O3. The Morgan fingerprint density at radius 1 is 1.27 bits per heavy atom. The minimum atomic E-state index is 0.00839. The van der Waals surface area contributed by atoms with Crippen molar-refractivity contribution in [3.05, 3.63) is 52.5 Å². The summed E-state index contributed by atoms with van der Waals surface area (Å²) in [5.41, 5.74) is 3.73. The van der Waals surface area contributed by atoms with Gasteiger partial charge >= 0.3 is 0 Å². The molecule has 2 aromatic rings. The summed E-state index contributed by atoms with van der Waals surface area (Å²) >= 11 is 0. The number of anilines is 1. The predicted molar refractivity (Wildman–Crippen MR) is 116 cm³/mol. The lowest BCUT2D eigenvalue weighted by molar-refractivity contribution is 0.0302. The first-order chi connectivity index (χ1) is 14.7. The smallest absolute Gasteiger partial charge is 0.254 e. The van der Waals surface area contributed by atoms with E-state index in [9.17, 15) is 4.79 Å². The molecule has 0 spiro atoms. The van der Waals surface area contributed by atoms with Gasteiger partial charge in [0.1, 0.15) is 17.4 Å². The molecule has 7 nitrogen and oxygen atoms in total. The van der Waals surface area contributed by atoms with E-state index < -0.39 is 0 Å². The quantitative estimate of drug-likeness (QED) is 0.759. The van der Waals surface area contributed by atoms with Crippen LogP contribution in [-0.2, 0) is 17.6 Å². The SMILES string of the molecule is CCCNc1nc(Cc2ccc(C(=O)N3CCOCC3)cc2OC)nc2c1C=CC2. The largest absolute Gasteiger partial charge is 0.496 e. The average molecular weight is 409 g/mol.